The van der Waals surface area contributed by atoms with Gasteiger partial charge in [-0.15, -0.1) is 0 Å². The normalized spacial score (nSPS) is 18.1. The van der Waals surface area contributed by atoms with Crippen molar-refractivity contribution in [3.05, 3.63) is 64.7 Å². The van der Waals surface area contributed by atoms with E-state index in [1.807, 2.05) is 19.1 Å². The largest absolute Gasteiger partial charge is 0.325 e. The highest BCUT2D eigenvalue weighted by Crippen LogP contribution is 2.29. The summed E-state index contributed by atoms with van der Waals surface area (Å²) >= 11 is 5.95. The van der Waals surface area contributed by atoms with Crippen LogP contribution in [0.15, 0.2) is 48.5 Å². The van der Waals surface area contributed by atoms with E-state index in [0.29, 0.717) is 5.02 Å². The third-order valence-corrected chi connectivity index (χ3v) is 4.54. The quantitative estimate of drug-likeness (QED) is 0.876. The number of hydrogen-bond acceptors (Lipinski definition) is 2. The Morgan fingerprint density at radius 2 is 2.04 bits per heavy atom. The molecular formula is C19H21ClN2O. The van der Waals surface area contributed by atoms with E-state index in [2.05, 4.69) is 34.9 Å². The second-order valence-electron chi connectivity index (χ2n) is 6.03. The molecule has 0 heterocycles. The first-order valence-corrected chi connectivity index (χ1v) is 8.41. The SMILES string of the molecule is C[C@H](N[C@@H]1CCCc2ccccc21)C(=O)Nc1cccc(Cl)c1. The Hall–Kier alpha value is -1.84. The summed E-state index contributed by atoms with van der Waals surface area (Å²) in [5.74, 6) is -0.0460. The van der Waals surface area contributed by atoms with Crippen LogP contribution in [-0.2, 0) is 11.2 Å². The third-order valence-electron chi connectivity index (χ3n) is 4.31. The Kier molecular flexibility index (Phi) is 4.99. The summed E-state index contributed by atoms with van der Waals surface area (Å²) in [5.41, 5.74) is 3.43. The number of carbonyl (C=O) groups excluding carboxylic acids is 1. The van der Waals surface area contributed by atoms with Crippen LogP contribution < -0.4 is 10.6 Å². The summed E-state index contributed by atoms with van der Waals surface area (Å²) in [6, 6.07) is 15.7. The Morgan fingerprint density at radius 3 is 2.87 bits per heavy atom. The lowest BCUT2D eigenvalue weighted by Gasteiger charge is -2.28. The molecule has 0 bridgehead atoms. The van der Waals surface area contributed by atoms with Crippen LogP contribution in [0, 0.1) is 0 Å². The van der Waals surface area contributed by atoms with Crippen molar-refractivity contribution in [2.75, 3.05) is 5.32 Å². The Bertz CT molecular complexity index is 701. The monoisotopic (exact) mass is 328 g/mol. The van der Waals surface area contributed by atoms with Gasteiger partial charge >= 0.3 is 0 Å². The topological polar surface area (TPSA) is 41.1 Å². The van der Waals surface area contributed by atoms with E-state index < -0.39 is 0 Å². The van der Waals surface area contributed by atoms with Crippen molar-refractivity contribution in [3.63, 3.8) is 0 Å². The number of hydrogen-bond donors (Lipinski definition) is 2. The van der Waals surface area contributed by atoms with Gasteiger partial charge < -0.3 is 5.32 Å². The molecule has 4 heteroatoms. The molecule has 1 amide bonds. The molecule has 23 heavy (non-hydrogen) atoms. The Balaban J connectivity index is 1.65. The molecule has 0 saturated heterocycles. The average molecular weight is 329 g/mol. The highest BCUT2D eigenvalue weighted by molar-refractivity contribution is 6.30. The fourth-order valence-corrected chi connectivity index (χ4v) is 3.31. The van der Waals surface area contributed by atoms with Crippen molar-refractivity contribution in [1.29, 1.82) is 0 Å². The fourth-order valence-electron chi connectivity index (χ4n) is 3.12. The number of benzene rings is 2. The van der Waals surface area contributed by atoms with E-state index in [9.17, 15) is 4.79 Å². The molecule has 2 aromatic carbocycles. The molecule has 2 N–H and O–H groups in total. The third kappa shape index (κ3) is 3.92. The van der Waals surface area contributed by atoms with Crippen LogP contribution in [0.1, 0.15) is 36.9 Å². The maximum atomic E-state index is 12.4. The van der Waals surface area contributed by atoms with Gasteiger partial charge in [0.2, 0.25) is 5.91 Å². The molecule has 0 saturated carbocycles. The van der Waals surface area contributed by atoms with Crippen molar-refractivity contribution >= 4 is 23.2 Å². The van der Waals surface area contributed by atoms with Crippen LogP contribution in [0.2, 0.25) is 5.02 Å². The van der Waals surface area contributed by atoms with Crippen LogP contribution in [0.4, 0.5) is 5.69 Å². The summed E-state index contributed by atoms with van der Waals surface area (Å²) in [7, 11) is 0. The van der Waals surface area contributed by atoms with Gasteiger partial charge in [-0.2, -0.15) is 0 Å². The van der Waals surface area contributed by atoms with Gasteiger partial charge in [0, 0.05) is 16.8 Å². The van der Waals surface area contributed by atoms with E-state index in [0.717, 1.165) is 24.9 Å². The van der Waals surface area contributed by atoms with Gasteiger partial charge in [0.25, 0.3) is 0 Å². The number of halogens is 1. The molecule has 0 radical (unpaired) electrons. The maximum absolute atomic E-state index is 12.4. The molecular weight excluding hydrogens is 308 g/mol. The van der Waals surface area contributed by atoms with Gasteiger partial charge in [-0.25, -0.2) is 0 Å². The van der Waals surface area contributed by atoms with Crippen LogP contribution in [0.5, 0.6) is 0 Å². The van der Waals surface area contributed by atoms with Gasteiger partial charge in [0.15, 0.2) is 0 Å². The summed E-state index contributed by atoms with van der Waals surface area (Å²) in [6.45, 7) is 1.90. The van der Waals surface area contributed by atoms with Crippen LogP contribution in [-0.4, -0.2) is 11.9 Å². The van der Waals surface area contributed by atoms with Crippen molar-refractivity contribution in [1.82, 2.24) is 5.32 Å². The predicted octanol–water partition coefficient (Wildman–Crippen LogP) is 4.33. The first-order valence-electron chi connectivity index (χ1n) is 8.04. The molecule has 1 aliphatic carbocycles. The lowest BCUT2D eigenvalue weighted by molar-refractivity contribution is -0.118. The van der Waals surface area contributed by atoms with Gasteiger partial charge in [-0.1, -0.05) is 41.9 Å². The van der Waals surface area contributed by atoms with Crippen molar-refractivity contribution in [2.24, 2.45) is 0 Å². The van der Waals surface area contributed by atoms with Crippen molar-refractivity contribution in [2.45, 2.75) is 38.3 Å². The van der Waals surface area contributed by atoms with E-state index in [1.54, 1.807) is 12.1 Å². The molecule has 0 unspecified atom stereocenters. The zero-order valence-electron chi connectivity index (χ0n) is 13.2. The number of amides is 1. The number of carbonyl (C=O) groups is 1. The molecule has 0 fully saturated rings. The average Bonchev–Trinajstić information content (AvgIpc) is 2.55. The summed E-state index contributed by atoms with van der Waals surface area (Å²) in [6.07, 6.45) is 3.33. The minimum absolute atomic E-state index is 0.0460. The molecule has 120 valence electrons. The summed E-state index contributed by atoms with van der Waals surface area (Å²) in [4.78, 5) is 12.4. The molecule has 3 rings (SSSR count). The van der Waals surface area contributed by atoms with Crippen molar-refractivity contribution in [3.8, 4) is 0 Å². The Labute approximate surface area is 142 Å². The number of fused-ring (bicyclic) bond motifs is 1. The predicted molar refractivity (Wildman–Crippen MR) is 94.8 cm³/mol. The highest BCUT2D eigenvalue weighted by Gasteiger charge is 2.23. The minimum Gasteiger partial charge on any atom is -0.325 e. The molecule has 2 atom stereocenters. The molecule has 2 aromatic rings. The molecule has 0 aliphatic heterocycles. The molecule has 1 aliphatic rings. The Morgan fingerprint density at radius 1 is 1.22 bits per heavy atom. The highest BCUT2D eigenvalue weighted by atomic mass is 35.5. The summed E-state index contributed by atoms with van der Waals surface area (Å²) in [5, 5.41) is 6.99. The molecule has 0 spiro atoms. The standard InChI is InChI=1S/C19H21ClN2O/c1-13(19(23)22-16-9-5-8-15(20)12-16)21-18-11-4-7-14-6-2-3-10-17(14)18/h2-3,5-6,8-10,12-13,18,21H,4,7,11H2,1H3,(H,22,23)/t13-,18+/m0/s1. The van der Waals surface area contributed by atoms with Gasteiger partial charge in [-0.05, 0) is 55.5 Å². The van der Waals surface area contributed by atoms with E-state index in [-0.39, 0.29) is 18.0 Å². The van der Waals surface area contributed by atoms with Crippen molar-refractivity contribution < 1.29 is 4.79 Å². The second-order valence-corrected chi connectivity index (χ2v) is 6.47. The zero-order chi connectivity index (χ0) is 16.2. The fraction of sp³-hybridized carbons (Fsp3) is 0.316. The number of anilines is 1. The molecule has 3 nitrogen and oxygen atoms in total. The zero-order valence-corrected chi connectivity index (χ0v) is 13.9. The van der Waals surface area contributed by atoms with E-state index in [1.165, 1.54) is 11.1 Å². The van der Waals surface area contributed by atoms with Gasteiger partial charge in [0.05, 0.1) is 6.04 Å². The van der Waals surface area contributed by atoms with Gasteiger partial charge in [-0.3, -0.25) is 10.1 Å². The summed E-state index contributed by atoms with van der Waals surface area (Å²) < 4.78 is 0. The second kappa shape index (κ2) is 7.16. The lowest BCUT2D eigenvalue weighted by atomic mass is 9.87. The van der Waals surface area contributed by atoms with Crippen LogP contribution in [0.25, 0.3) is 0 Å². The van der Waals surface area contributed by atoms with Crippen LogP contribution >= 0.6 is 11.6 Å². The first kappa shape index (κ1) is 16.0. The molecule has 0 aromatic heterocycles. The lowest BCUT2D eigenvalue weighted by Crippen LogP contribution is -2.41. The van der Waals surface area contributed by atoms with E-state index >= 15 is 0 Å². The van der Waals surface area contributed by atoms with Crippen LogP contribution in [0.3, 0.4) is 0 Å². The maximum Gasteiger partial charge on any atom is 0.241 e. The number of nitrogens with one attached hydrogen (secondary N) is 2. The van der Waals surface area contributed by atoms with Gasteiger partial charge in [0.1, 0.15) is 0 Å². The first-order chi connectivity index (χ1) is 11.1. The smallest absolute Gasteiger partial charge is 0.241 e. The minimum atomic E-state index is -0.273. The number of rotatable bonds is 4. The number of aryl methyl sites for hydroxylation is 1. The van der Waals surface area contributed by atoms with E-state index in [4.69, 9.17) is 11.6 Å².